The lowest BCUT2D eigenvalue weighted by Crippen LogP contribution is -2.63. The van der Waals surface area contributed by atoms with Crippen molar-refractivity contribution in [2.24, 2.45) is 0 Å². The van der Waals surface area contributed by atoms with Crippen molar-refractivity contribution in [3.05, 3.63) is 70.9 Å². The predicted octanol–water partition coefficient (Wildman–Crippen LogP) is 2.54. The minimum absolute atomic E-state index is 0.00483. The molecule has 2 aliphatic rings. The summed E-state index contributed by atoms with van der Waals surface area (Å²) in [6, 6.07) is 15.4. The normalized spacial score (nSPS) is 21.1. The first-order valence-electron chi connectivity index (χ1n) is 10.5. The van der Waals surface area contributed by atoms with Gasteiger partial charge in [-0.05, 0) is 30.5 Å². The lowest BCUT2D eigenvalue weighted by molar-refractivity contribution is -0.158. The lowest BCUT2D eigenvalue weighted by atomic mass is 9.86. The summed E-state index contributed by atoms with van der Waals surface area (Å²) in [5.41, 5.74) is 5.27. The third-order valence-electron chi connectivity index (χ3n) is 6.29. The molecule has 2 N–H and O–H groups in total. The van der Waals surface area contributed by atoms with Gasteiger partial charge in [-0.2, -0.15) is 0 Å². The molecule has 2 amide bonds. The van der Waals surface area contributed by atoms with Crippen LogP contribution in [0.4, 0.5) is 0 Å². The summed E-state index contributed by atoms with van der Waals surface area (Å²) in [5.74, 6) is -0.0787. The van der Waals surface area contributed by atoms with E-state index < -0.39 is 6.04 Å². The number of nitrogens with zero attached hydrogens (tertiary/aromatic N) is 2. The third-order valence-corrected chi connectivity index (χ3v) is 6.29. The molecule has 6 heteroatoms. The van der Waals surface area contributed by atoms with Gasteiger partial charge in [0.15, 0.2) is 0 Å². The number of fused-ring (bicyclic) bond motifs is 4. The van der Waals surface area contributed by atoms with Gasteiger partial charge in [0.25, 0.3) is 0 Å². The molecule has 3 aromatic rings. The Balaban J connectivity index is 1.67. The first kappa shape index (κ1) is 18.9. The molecule has 0 bridgehead atoms. The van der Waals surface area contributed by atoms with Gasteiger partial charge in [0.2, 0.25) is 11.8 Å². The lowest BCUT2D eigenvalue weighted by Gasteiger charge is -2.47. The summed E-state index contributed by atoms with van der Waals surface area (Å²) in [6.07, 6.45) is 0.979. The minimum Gasteiger partial charge on any atom is -0.396 e. The van der Waals surface area contributed by atoms with Crippen molar-refractivity contribution < 1.29 is 14.7 Å². The Labute approximate surface area is 175 Å². The maximum absolute atomic E-state index is 13.4. The number of amides is 2. The summed E-state index contributed by atoms with van der Waals surface area (Å²) < 4.78 is 0. The second kappa shape index (κ2) is 7.29. The number of hydrogen-bond donors (Lipinski definition) is 2. The van der Waals surface area contributed by atoms with E-state index in [0.29, 0.717) is 19.4 Å². The first-order valence-corrected chi connectivity index (χ1v) is 10.5. The van der Waals surface area contributed by atoms with Crippen molar-refractivity contribution in [2.75, 3.05) is 19.7 Å². The number of piperazine rings is 1. The molecule has 30 heavy (non-hydrogen) atoms. The highest BCUT2D eigenvalue weighted by atomic mass is 16.3. The molecule has 2 atom stereocenters. The largest absolute Gasteiger partial charge is 0.396 e. The Morgan fingerprint density at radius 3 is 2.77 bits per heavy atom. The molecule has 154 valence electrons. The molecule has 5 rings (SSSR count). The van der Waals surface area contributed by atoms with Gasteiger partial charge in [-0.25, -0.2) is 0 Å². The number of aromatic amines is 1. The number of para-hydroxylation sites is 1. The molecular formula is C24H25N3O3. The topological polar surface area (TPSA) is 76.6 Å². The van der Waals surface area contributed by atoms with Gasteiger partial charge in [0, 0.05) is 36.2 Å². The molecule has 0 unspecified atom stereocenters. The molecule has 2 aliphatic heterocycles. The van der Waals surface area contributed by atoms with Crippen LogP contribution in [0.2, 0.25) is 0 Å². The fourth-order valence-corrected chi connectivity index (χ4v) is 4.96. The Kier molecular flexibility index (Phi) is 4.59. The highest BCUT2D eigenvalue weighted by Gasteiger charge is 2.48. The van der Waals surface area contributed by atoms with Gasteiger partial charge in [-0.3, -0.25) is 9.59 Å². The number of aromatic nitrogens is 1. The maximum Gasteiger partial charge on any atom is 0.246 e. The second-order valence-electron chi connectivity index (χ2n) is 8.24. The summed E-state index contributed by atoms with van der Waals surface area (Å²) in [5, 5.41) is 10.3. The summed E-state index contributed by atoms with van der Waals surface area (Å²) in [7, 11) is 0. The maximum atomic E-state index is 13.4. The quantitative estimate of drug-likeness (QED) is 0.703. The molecule has 1 saturated heterocycles. The molecule has 0 radical (unpaired) electrons. The Hall–Kier alpha value is -3.12. The molecule has 2 aromatic carbocycles. The highest BCUT2D eigenvalue weighted by Crippen LogP contribution is 2.42. The molecule has 6 nitrogen and oxygen atoms in total. The molecular weight excluding hydrogens is 378 g/mol. The zero-order chi connectivity index (χ0) is 20.8. The molecule has 0 saturated carbocycles. The van der Waals surface area contributed by atoms with Crippen LogP contribution in [-0.2, 0) is 16.0 Å². The van der Waals surface area contributed by atoms with Crippen LogP contribution >= 0.6 is 0 Å². The van der Waals surface area contributed by atoms with E-state index in [1.54, 1.807) is 9.80 Å². The SMILES string of the molecule is Cc1cccc([C@H]2c3[nH]c4ccccc4c3C[C@H]3C(=O)N(CCCO)CC(=O)N23)c1. The third kappa shape index (κ3) is 2.91. The number of benzene rings is 2. The fourth-order valence-electron chi connectivity index (χ4n) is 4.96. The summed E-state index contributed by atoms with van der Waals surface area (Å²) >= 11 is 0. The van der Waals surface area contributed by atoms with Crippen molar-refractivity contribution >= 4 is 22.7 Å². The van der Waals surface area contributed by atoms with Crippen LogP contribution in [0.3, 0.4) is 0 Å². The van der Waals surface area contributed by atoms with Gasteiger partial charge < -0.3 is 19.9 Å². The van der Waals surface area contributed by atoms with Crippen LogP contribution in [-0.4, -0.2) is 57.4 Å². The highest BCUT2D eigenvalue weighted by molar-refractivity contribution is 5.97. The standard InChI is InChI=1S/C24H25N3O3/c1-15-6-4-7-16(12-15)23-22-18(17-8-2-3-9-19(17)25-22)13-20-24(30)26(10-5-11-28)14-21(29)27(20)23/h2-4,6-9,12,20,23,25,28H,5,10-11,13-14H2,1H3/t20-,23-/m0/s1. The average molecular weight is 403 g/mol. The van der Waals surface area contributed by atoms with E-state index in [2.05, 4.69) is 17.1 Å². The van der Waals surface area contributed by atoms with E-state index in [4.69, 9.17) is 0 Å². The summed E-state index contributed by atoms with van der Waals surface area (Å²) in [4.78, 5) is 33.6. The van der Waals surface area contributed by atoms with Crippen LogP contribution in [0.5, 0.6) is 0 Å². The number of carbonyl (C=O) groups is 2. The van der Waals surface area contributed by atoms with E-state index in [-0.39, 0.29) is 31.0 Å². The Morgan fingerprint density at radius 1 is 1.13 bits per heavy atom. The Morgan fingerprint density at radius 2 is 1.97 bits per heavy atom. The van der Waals surface area contributed by atoms with E-state index in [0.717, 1.165) is 33.3 Å². The van der Waals surface area contributed by atoms with Gasteiger partial charge >= 0.3 is 0 Å². The van der Waals surface area contributed by atoms with Gasteiger partial charge in [0.1, 0.15) is 6.04 Å². The number of aliphatic hydroxyl groups excluding tert-OH is 1. The fraction of sp³-hybridized carbons (Fsp3) is 0.333. The van der Waals surface area contributed by atoms with Crippen molar-refractivity contribution in [2.45, 2.75) is 31.8 Å². The number of carbonyl (C=O) groups excluding carboxylic acids is 2. The van der Waals surface area contributed by atoms with Gasteiger partial charge in [-0.15, -0.1) is 0 Å². The number of rotatable bonds is 4. The number of aliphatic hydroxyl groups is 1. The van der Waals surface area contributed by atoms with E-state index in [1.807, 2.05) is 43.3 Å². The monoisotopic (exact) mass is 403 g/mol. The van der Waals surface area contributed by atoms with E-state index >= 15 is 0 Å². The molecule has 1 fully saturated rings. The second-order valence-corrected chi connectivity index (χ2v) is 8.24. The van der Waals surface area contributed by atoms with Gasteiger partial charge in [-0.1, -0.05) is 48.0 Å². The number of aryl methyl sites for hydroxylation is 1. The molecule has 3 heterocycles. The first-order chi connectivity index (χ1) is 14.6. The van der Waals surface area contributed by atoms with Crippen molar-refractivity contribution in [1.29, 1.82) is 0 Å². The van der Waals surface area contributed by atoms with Gasteiger partial charge in [0.05, 0.1) is 12.6 Å². The number of nitrogens with one attached hydrogen (secondary N) is 1. The van der Waals surface area contributed by atoms with Crippen LogP contribution in [0.25, 0.3) is 10.9 Å². The minimum atomic E-state index is -0.526. The van der Waals surface area contributed by atoms with E-state index in [1.165, 1.54) is 0 Å². The van der Waals surface area contributed by atoms with Crippen LogP contribution < -0.4 is 0 Å². The smallest absolute Gasteiger partial charge is 0.246 e. The molecule has 0 spiro atoms. The Bertz CT molecular complexity index is 1140. The van der Waals surface area contributed by atoms with Crippen molar-refractivity contribution in [3.63, 3.8) is 0 Å². The number of hydrogen-bond acceptors (Lipinski definition) is 3. The zero-order valence-electron chi connectivity index (χ0n) is 17.0. The average Bonchev–Trinajstić information content (AvgIpc) is 3.12. The summed E-state index contributed by atoms with van der Waals surface area (Å²) in [6.45, 7) is 2.51. The van der Waals surface area contributed by atoms with E-state index in [9.17, 15) is 14.7 Å². The molecule has 0 aliphatic carbocycles. The molecule has 1 aromatic heterocycles. The van der Waals surface area contributed by atoms with Crippen molar-refractivity contribution in [1.82, 2.24) is 14.8 Å². The van der Waals surface area contributed by atoms with Crippen LogP contribution in [0, 0.1) is 6.92 Å². The van der Waals surface area contributed by atoms with Crippen molar-refractivity contribution in [3.8, 4) is 0 Å². The predicted molar refractivity (Wildman–Crippen MR) is 114 cm³/mol. The zero-order valence-corrected chi connectivity index (χ0v) is 17.0. The van der Waals surface area contributed by atoms with Crippen LogP contribution in [0.1, 0.15) is 34.8 Å². The number of H-pyrrole nitrogens is 1. The van der Waals surface area contributed by atoms with Crippen LogP contribution in [0.15, 0.2) is 48.5 Å².